The summed E-state index contributed by atoms with van der Waals surface area (Å²) in [7, 11) is 0. The predicted octanol–water partition coefficient (Wildman–Crippen LogP) is 10.3. The molecular weight excluding hydrogens is 535 g/mol. The molecule has 3 aromatic carbocycles. The van der Waals surface area contributed by atoms with Gasteiger partial charge in [0.2, 0.25) is 5.75 Å². The summed E-state index contributed by atoms with van der Waals surface area (Å²) < 4.78 is 127. The SMILES string of the molecule is CCC1CCC(c2ccc(-c3ccc(/C(F)=C(\F)c4cc(F)c(OC(F)(F)F)c(F)c4)c(F)c3)c(F)c2)CC1. The Balaban J connectivity index is 1.59. The molecule has 1 saturated carbocycles. The highest BCUT2D eigenvalue weighted by molar-refractivity contribution is 5.84. The van der Waals surface area contributed by atoms with Gasteiger partial charge < -0.3 is 4.74 Å². The Morgan fingerprint density at radius 3 is 1.95 bits per heavy atom. The molecule has 3 aromatic rings. The number of alkyl halides is 3. The van der Waals surface area contributed by atoms with E-state index in [0.717, 1.165) is 55.9 Å². The van der Waals surface area contributed by atoms with E-state index in [1.807, 2.05) is 0 Å². The number of hydrogen-bond acceptors (Lipinski definition) is 1. The van der Waals surface area contributed by atoms with Crippen LogP contribution in [0.5, 0.6) is 5.75 Å². The van der Waals surface area contributed by atoms with Crippen LogP contribution in [0.4, 0.5) is 39.5 Å². The van der Waals surface area contributed by atoms with Crippen LogP contribution in [-0.4, -0.2) is 6.36 Å². The van der Waals surface area contributed by atoms with Gasteiger partial charge in [0.1, 0.15) is 11.6 Å². The van der Waals surface area contributed by atoms with Crippen molar-refractivity contribution in [3.05, 3.63) is 88.5 Å². The van der Waals surface area contributed by atoms with Crippen LogP contribution in [0.3, 0.4) is 0 Å². The van der Waals surface area contributed by atoms with Gasteiger partial charge in [0.15, 0.2) is 23.3 Å². The first-order chi connectivity index (χ1) is 18.4. The maximum absolute atomic E-state index is 15.0. The van der Waals surface area contributed by atoms with Crippen molar-refractivity contribution < 1.29 is 44.3 Å². The van der Waals surface area contributed by atoms with E-state index in [4.69, 9.17) is 0 Å². The van der Waals surface area contributed by atoms with Gasteiger partial charge in [-0.1, -0.05) is 31.5 Å². The zero-order valence-electron chi connectivity index (χ0n) is 20.6. The van der Waals surface area contributed by atoms with Gasteiger partial charge in [0, 0.05) is 16.7 Å². The zero-order valence-corrected chi connectivity index (χ0v) is 20.6. The van der Waals surface area contributed by atoms with Crippen molar-refractivity contribution in [1.82, 2.24) is 0 Å². The van der Waals surface area contributed by atoms with Crippen molar-refractivity contribution in [3.8, 4) is 16.9 Å². The fourth-order valence-electron chi connectivity index (χ4n) is 4.93. The molecule has 0 aliphatic heterocycles. The molecule has 1 aliphatic carbocycles. The van der Waals surface area contributed by atoms with Crippen LogP contribution in [0.25, 0.3) is 22.8 Å². The summed E-state index contributed by atoms with van der Waals surface area (Å²) in [4.78, 5) is 0. The summed E-state index contributed by atoms with van der Waals surface area (Å²) in [5.41, 5.74) is -1.12. The van der Waals surface area contributed by atoms with Crippen molar-refractivity contribution in [2.24, 2.45) is 5.92 Å². The second-order valence-corrected chi connectivity index (χ2v) is 9.50. The predicted molar refractivity (Wildman–Crippen MR) is 129 cm³/mol. The lowest BCUT2D eigenvalue weighted by atomic mass is 9.77. The van der Waals surface area contributed by atoms with Crippen molar-refractivity contribution in [3.63, 3.8) is 0 Å². The van der Waals surface area contributed by atoms with E-state index in [0.29, 0.717) is 5.92 Å². The lowest BCUT2D eigenvalue weighted by Crippen LogP contribution is -2.19. The molecule has 0 radical (unpaired) electrons. The molecule has 10 heteroatoms. The fourth-order valence-corrected chi connectivity index (χ4v) is 4.93. The van der Waals surface area contributed by atoms with Crippen LogP contribution in [0.1, 0.15) is 61.6 Å². The summed E-state index contributed by atoms with van der Waals surface area (Å²) in [5.74, 6) is -10.5. The second-order valence-electron chi connectivity index (χ2n) is 9.50. The van der Waals surface area contributed by atoms with Gasteiger partial charge in [-0.25, -0.2) is 26.3 Å². The summed E-state index contributed by atoms with van der Waals surface area (Å²) >= 11 is 0. The Morgan fingerprint density at radius 1 is 0.769 bits per heavy atom. The molecule has 0 aromatic heterocycles. The van der Waals surface area contributed by atoms with Gasteiger partial charge in [-0.15, -0.1) is 13.2 Å². The minimum atomic E-state index is -5.43. The third kappa shape index (κ3) is 6.42. The topological polar surface area (TPSA) is 9.23 Å². The van der Waals surface area contributed by atoms with Gasteiger partial charge in [-0.2, -0.15) is 0 Å². The van der Waals surface area contributed by atoms with Crippen molar-refractivity contribution in [2.45, 2.75) is 51.3 Å². The van der Waals surface area contributed by atoms with E-state index in [1.165, 1.54) is 12.1 Å². The molecular formula is C29H23F9O. The van der Waals surface area contributed by atoms with E-state index in [-0.39, 0.29) is 29.2 Å². The average molecular weight is 558 g/mol. The first-order valence-electron chi connectivity index (χ1n) is 12.3. The third-order valence-electron chi connectivity index (χ3n) is 7.07. The minimum absolute atomic E-state index is 0.0423. The lowest BCUT2D eigenvalue weighted by molar-refractivity contribution is -0.276. The molecule has 208 valence electrons. The largest absolute Gasteiger partial charge is 0.573 e. The highest BCUT2D eigenvalue weighted by Gasteiger charge is 2.34. The molecule has 0 bridgehead atoms. The summed E-state index contributed by atoms with van der Waals surface area (Å²) in [6.07, 6.45) is -0.289. The first kappa shape index (κ1) is 28.6. The molecule has 0 heterocycles. The highest BCUT2D eigenvalue weighted by atomic mass is 19.4. The molecule has 0 unspecified atom stereocenters. The fraction of sp³-hybridized carbons (Fsp3) is 0.310. The van der Waals surface area contributed by atoms with E-state index >= 15 is 0 Å². The summed E-state index contributed by atoms with van der Waals surface area (Å²) in [6, 6.07) is 7.57. The Labute approximate surface area is 218 Å². The zero-order chi connectivity index (χ0) is 28.5. The van der Waals surface area contributed by atoms with Crippen molar-refractivity contribution in [1.29, 1.82) is 0 Å². The Kier molecular flexibility index (Phi) is 8.32. The molecule has 1 aliphatic rings. The quantitative estimate of drug-likeness (QED) is 0.216. The van der Waals surface area contributed by atoms with E-state index < -0.39 is 58.2 Å². The van der Waals surface area contributed by atoms with Crippen LogP contribution in [-0.2, 0) is 0 Å². The number of halogens is 9. The molecule has 0 spiro atoms. The normalized spacial score (nSPS) is 18.6. The van der Waals surface area contributed by atoms with Crippen molar-refractivity contribution in [2.75, 3.05) is 0 Å². The van der Waals surface area contributed by atoms with Crippen LogP contribution in [0, 0.1) is 29.2 Å². The number of benzene rings is 3. The van der Waals surface area contributed by atoms with Crippen LogP contribution >= 0.6 is 0 Å². The monoisotopic (exact) mass is 558 g/mol. The number of rotatable bonds is 6. The van der Waals surface area contributed by atoms with Gasteiger partial charge in [0.05, 0.1) is 0 Å². The number of hydrogen-bond donors (Lipinski definition) is 0. The first-order valence-corrected chi connectivity index (χ1v) is 12.3. The Hall–Kier alpha value is -3.43. The van der Waals surface area contributed by atoms with Crippen LogP contribution in [0.2, 0.25) is 0 Å². The third-order valence-corrected chi connectivity index (χ3v) is 7.07. The van der Waals surface area contributed by atoms with Crippen LogP contribution in [0.15, 0.2) is 48.5 Å². The molecule has 0 saturated heterocycles. The van der Waals surface area contributed by atoms with E-state index in [9.17, 15) is 39.5 Å². The molecule has 1 fully saturated rings. The molecule has 0 amide bonds. The maximum atomic E-state index is 15.0. The average Bonchev–Trinajstić information content (AvgIpc) is 2.89. The highest BCUT2D eigenvalue weighted by Crippen LogP contribution is 2.39. The molecule has 0 N–H and O–H groups in total. The standard InChI is InChI=1S/C29H23F9O/c1-2-15-3-5-16(6-4-15)17-7-9-20(22(30)11-17)18-8-10-21(23(31)12-18)27(35)26(34)19-13-24(32)28(25(33)14-19)39-29(36,37)38/h7-16H,2-6H2,1H3/b27-26+. The van der Waals surface area contributed by atoms with Gasteiger partial charge >= 0.3 is 6.36 Å². The van der Waals surface area contributed by atoms with Crippen LogP contribution < -0.4 is 4.74 Å². The van der Waals surface area contributed by atoms with E-state index in [1.54, 1.807) is 6.07 Å². The molecule has 4 rings (SSSR count). The van der Waals surface area contributed by atoms with Gasteiger partial charge in [-0.05, 0) is 79.0 Å². The Morgan fingerprint density at radius 2 is 1.41 bits per heavy atom. The second kappa shape index (κ2) is 11.4. The molecule has 39 heavy (non-hydrogen) atoms. The van der Waals surface area contributed by atoms with Crippen molar-refractivity contribution >= 4 is 11.7 Å². The smallest absolute Gasteiger partial charge is 0.399 e. The molecule has 1 nitrogen and oxygen atoms in total. The number of ether oxygens (including phenoxy) is 1. The van der Waals surface area contributed by atoms with Gasteiger partial charge in [0.25, 0.3) is 0 Å². The van der Waals surface area contributed by atoms with Gasteiger partial charge in [-0.3, -0.25) is 0 Å². The minimum Gasteiger partial charge on any atom is -0.399 e. The summed E-state index contributed by atoms with van der Waals surface area (Å²) in [5, 5.41) is 0. The molecule has 0 atom stereocenters. The van der Waals surface area contributed by atoms with E-state index in [2.05, 4.69) is 11.7 Å². The maximum Gasteiger partial charge on any atom is 0.573 e. The lowest BCUT2D eigenvalue weighted by Gasteiger charge is -2.28. The summed E-state index contributed by atoms with van der Waals surface area (Å²) in [6.45, 7) is 2.15. The Bertz CT molecular complexity index is 1360.